The van der Waals surface area contributed by atoms with Crippen molar-refractivity contribution in [3.8, 4) is 23.0 Å². The maximum absolute atomic E-state index is 5.45. The van der Waals surface area contributed by atoms with Gasteiger partial charge in [0.2, 0.25) is 0 Å². The average molecular weight is 384 g/mol. The predicted molar refractivity (Wildman–Crippen MR) is 109 cm³/mol. The third-order valence-corrected chi connectivity index (χ3v) is 5.03. The zero-order valence-corrected chi connectivity index (χ0v) is 16.0. The second-order valence-corrected chi connectivity index (χ2v) is 7.08. The Morgan fingerprint density at radius 3 is 2.66 bits per heavy atom. The molecule has 1 aromatic carbocycles. The molecule has 0 aliphatic heterocycles. The Morgan fingerprint density at radius 2 is 1.83 bits per heavy atom. The van der Waals surface area contributed by atoms with E-state index in [-0.39, 0.29) is 6.04 Å². The third-order valence-electron chi connectivity index (χ3n) is 5.03. The van der Waals surface area contributed by atoms with Gasteiger partial charge in [0, 0.05) is 23.0 Å². The van der Waals surface area contributed by atoms with Crippen molar-refractivity contribution >= 4 is 5.82 Å². The van der Waals surface area contributed by atoms with Crippen LogP contribution in [0.25, 0.3) is 23.0 Å². The van der Waals surface area contributed by atoms with Gasteiger partial charge in [0.15, 0.2) is 11.6 Å². The van der Waals surface area contributed by atoms with Gasteiger partial charge in [-0.1, -0.05) is 29.4 Å². The van der Waals surface area contributed by atoms with Crippen molar-refractivity contribution in [2.75, 3.05) is 5.32 Å². The molecule has 7 heteroatoms. The number of hydrogen-bond acceptors (Lipinski definition) is 7. The average Bonchev–Trinajstić information content (AvgIpc) is 3.45. The first-order valence-electron chi connectivity index (χ1n) is 9.74. The first-order chi connectivity index (χ1) is 14.3. The number of aryl methyl sites for hydroxylation is 1. The first kappa shape index (κ1) is 17.5. The summed E-state index contributed by atoms with van der Waals surface area (Å²) in [5.74, 6) is 2.57. The van der Waals surface area contributed by atoms with Gasteiger partial charge >= 0.3 is 0 Å². The summed E-state index contributed by atoms with van der Waals surface area (Å²) < 4.78 is 5.45. The van der Waals surface area contributed by atoms with E-state index in [1.807, 2.05) is 55.5 Å². The van der Waals surface area contributed by atoms with Crippen molar-refractivity contribution in [1.29, 1.82) is 0 Å². The summed E-state index contributed by atoms with van der Waals surface area (Å²) in [6, 6.07) is 15.4. The van der Waals surface area contributed by atoms with Crippen molar-refractivity contribution < 1.29 is 4.52 Å². The number of pyridine rings is 1. The van der Waals surface area contributed by atoms with Crippen LogP contribution in [0.15, 0.2) is 59.3 Å². The van der Waals surface area contributed by atoms with E-state index in [0.29, 0.717) is 17.5 Å². The molecule has 3 aromatic heterocycles. The van der Waals surface area contributed by atoms with Gasteiger partial charge in [-0.3, -0.25) is 4.98 Å². The molecular formula is C22H20N6O. The molecule has 1 atom stereocenters. The molecule has 0 saturated heterocycles. The molecule has 1 unspecified atom stereocenters. The van der Waals surface area contributed by atoms with Crippen LogP contribution in [0.2, 0.25) is 0 Å². The van der Waals surface area contributed by atoms with E-state index >= 15 is 0 Å². The number of benzene rings is 1. The summed E-state index contributed by atoms with van der Waals surface area (Å²) in [5, 5.41) is 7.63. The van der Waals surface area contributed by atoms with E-state index in [4.69, 9.17) is 14.5 Å². The molecule has 1 aliphatic rings. The first-order valence-corrected chi connectivity index (χ1v) is 9.74. The Kier molecular flexibility index (Phi) is 4.48. The SMILES string of the molecule is CC(Nc1nc(-c2ccccn2)nc2c1CCC2)c1noc(-c2ccccc2)n1. The van der Waals surface area contributed by atoms with Gasteiger partial charge in [0.1, 0.15) is 11.5 Å². The Labute approximate surface area is 168 Å². The largest absolute Gasteiger partial charge is 0.360 e. The fourth-order valence-corrected chi connectivity index (χ4v) is 3.54. The fourth-order valence-electron chi connectivity index (χ4n) is 3.54. The van der Waals surface area contributed by atoms with Gasteiger partial charge in [-0.05, 0) is 50.5 Å². The molecule has 4 aromatic rings. The number of nitrogens with zero attached hydrogens (tertiary/aromatic N) is 5. The molecule has 0 fully saturated rings. The Balaban J connectivity index is 1.44. The van der Waals surface area contributed by atoms with Crippen LogP contribution >= 0.6 is 0 Å². The second-order valence-electron chi connectivity index (χ2n) is 7.08. The van der Waals surface area contributed by atoms with E-state index in [9.17, 15) is 0 Å². The molecule has 3 heterocycles. The van der Waals surface area contributed by atoms with Gasteiger partial charge in [0.25, 0.3) is 5.89 Å². The topological polar surface area (TPSA) is 89.6 Å². The quantitative estimate of drug-likeness (QED) is 0.550. The number of hydrogen-bond donors (Lipinski definition) is 1. The minimum absolute atomic E-state index is 0.160. The molecule has 0 saturated carbocycles. The van der Waals surface area contributed by atoms with E-state index in [1.54, 1.807) is 6.20 Å². The van der Waals surface area contributed by atoms with Gasteiger partial charge in [0.05, 0.1) is 6.04 Å². The predicted octanol–water partition coefficient (Wildman–Crippen LogP) is 4.25. The highest BCUT2D eigenvalue weighted by atomic mass is 16.5. The maximum Gasteiger partial charge on any atom is 0.257 e. The highest BCUT2D eigenvalue weighted by Crippen LogP contribution is 2.31. The molecule has 1 N–H and O–H groups in total. The third kappa shape index (κ3) is 3.47. The normalized spacial score (nSPS) is 13.8. The fraction of sp³-hybridized carbons (Fsp3) is 0.227. The second kappa shape index (κ2) is 7.43. The number of nitrogens with one attached hydrogen (secondary N) is 1. The number of fused-ring (bicyclic) bond motifs is 1. The van der Waals surface area contributed by atoms with Crippen molar-refractivity contribution in [3.05, 3.63) is 71.8 Å². The van der Waals surface area contributed by atoms with Crippen LogP contribution in [0.4, 0.5) is 5.82 Å². The molecule has 0 radical (unpaired) electrons. The van der Waals surface area contributed by atoms with Gasteiger partial charge in [-0.15, -0.1) is 0 Å². The van der Waals surface area contributed by atoms with E-state index in [1.165, 1.54) is 5.56 Å². The lowest BCUT2D eigenvalue weighted by Gasteiger charge is -2.15. The lowest BCUT2D eigenvalue weighted by molar-refractivity contribution is 0.419. The lowest BCUT2D eigenvalue weighted by Crippen LogP contribution is -2.13. The van der Waals surface area contributed by atoms with E-state index in [0.717, 1.165) is 42.0 Å². The Morgan fingerprint density at radius 1 is 0.966 bits per heavy atom. The lowest BCUT2D eigenvalue weighted by atomic mass is 10.2. The standard InChI is InChI=1S/C22H20N6O/c1-14(19-27-22(29-28-19)15-8-3-2-4-9-15)24-20-16-10-7-12-17(16)25-21(26-20)18-11-5-6-13-23-18/h2-6,8-9,11,13-14H,7,10,12H2,1H3,(H,24,25,26). The summed E-state index contributed by atoms with van der Waals surface area (Å²) >= 11 is 0. The molecule has 144 valence electrons. The van der Waals surface area contributed by atoms with Gasteiger partial charge in [-0.25, -0.2) is 9.97 Å². The minimum Gasteiger partial charge on any atom is -0.360 e. The zero-order chi connectivity index (χ0) is 19.6. The highest BCUT2D eigenvalue weighted by molar-refractivity contribution is 5.58. The van der Waals surface area contributed by atoms with Crippen LogP contribution in [-0.4, -0.2) is 25.1 Å². The molecular weight excluding hydrogens is 364 g/mol. The molecule has 0 bridgehead atoms. The van der Waals surface area contributed by atoms with Crippen LogP contribution in [0.5, 0.6) is 0 Å². The summed E-state index contributed by atoms with van der Waals surface area (Å²) in [6.07, 6.45) is 4.76. The van der Waals surface area contributed by atoms with Crippen molar-refractivity contribution in [2.24, 2.45) is 0 Å². The summed E-state index contributed by atoms with van der Waals surface area (Å²) in [6.45, 7) is 2.00. The maximum atomic E-state index is 5.45. The number of rotatable bonds is 5. The smallest absolute Gasteiger partial charge is 0.257 e. The van der Waals surface area contributed by atoms with E-state index in [2.05, 4.69) is 20.4 Å². The Hall–Kier alpha value is -3.61. The molecule has 0 amide bonds. The summed E-state index contributed by atoms with van der Waals surface area (Å²) in [7, 11) is 0. The van der Waals surface area contributed by atoms with Gasteiger partial charge < -0.3 is 9.84 Å². The van der Waals surface area contributed by atoms with Crippen molar-refractivity contribution in [3.63, 3.8) is 0 Å². The van der Waals surface area contributed by atoms with Crippen molar-refractivity contribution in [2.45, 2.75) is 32.2 Å². The van der Waals surface area contributed by atoms with Crippen LogP contribution in [0.3, 0.4) is 0 Å². The van der Waals surface area contributed by atoms with Crippen LogP contribution in [-0.2, 0) is 12.8 Å². The molecule has 7 nitrogen and oxygen atoms in total. The monoisotopic (exact) mass is 384 g/mol. The minimum atomic E-state index is -0.160. The van der Waals surface area contributed by atoms with Gasteiger partial charge in [-0.2, -0.15) is 4.98 Å². The van der Waals surface area contributed by atoms with Crippen LogP contribution in [0, 0.1) is 0 Å². The van der Waals surface area contributed by atoms with Crippen molar-refractivity contribution in [1.82, 2.24) is 25.1 Å². The van der Waals surface area contributed by atoms with Crippen LogP contribution in [0.1, 0.15) is 36.5 Å². The Bertz CT molecular complexity index is 1130. The highest BCUT2D eigenvalue weighted by Gasteiger charge is 2.23. The zero-order valence-electron chi connectivity index (χ0n) is 16.0. The number of aromatic nitrogens is 5. The molecule has 5 rings (SSSR count). The van der Waals surface area contributed by atoms with E-state index < -0.39 is 0 Å². The number of anilines is 1. The molecule has 29 heavy (non-hydrogen) atoms. The molecule has 0 spiro atoms. The van der Waals surface area contributed by atoms with Crippen LogP contribution < -0.4 is 5.32 Å². The summed E-state index contributed by atoms with van der Waals surface area (Å²) in [5.41, 5.74) is 3.93. The molecule has 1 aliphatic carbocycles. The summed E-state index contributed by atoms with van der Waals surface area (Å²) in [4.78, 5) is 18.5.